The van der Waals surface area contributed by atoms with Crippen LogP contribution in [0.4, 0.5) is 5.69 Å². The van der Waals surface area contributed by atoms with E-state index in [1.807, 2.05) is 42.1 Å². The first-order chi connectivity index (χ1) is 15.5. The van der Waals surface area contributed by atoms with Crippen LogP contribution in [-0.4, -0.2) is 43.8 Å². The van der Waals surface area contributed by atoms with E-state index in [0.29, 0.717) is 36.7 Å². The number of rotatable bonds is 7. The molecular weight excluding hydrogens is 444 g/mol. The first kappa shape index (κ1) is 22.2. The fraction of sp³-hybridized carbons (Fsp3) is 0.208. The van der Waals surface area contributed by atoms with Gasteiger partial charge in [-0.05, 0) is 48.0 Å². The van der Waals surface area contributed by atoms with Crippen LogP contribution in [0.5, 0.6) is 5.75 Å². The SMILES string of the molecule is O=C(c1cccc(S(=O)(=O)Nc2ccc(OCc3ccccc3)cc2)c1)N1CCSCC1. The summed E-state index contributed by atoms with van der Waals surface area (Å²) < 4.78 is 34.1. The van der Waals surface area contributed by atoms with Crippen molar-refractivity contribution in [2.24, 2.45) is 0 Å². The third kappa shape index (κ3) is 5.63. The van der Waals surface area contributed by atoms with E-state index in [-0.39, 0.29) is 10.8 Å². The van der Waals surface area contributed by atoms with Gasteiger partial charge >= 0.3 is 0 Å². The molecule has 8 heteroatoms. The highest BCUT2D eigenvalue weighted by Crippen LogP contribution is 2.22. The lowest BCUT2D eigenvalue weighted by Gasteiger charge is -2.26. The molecule has 1 amide bonds. The van der Waals surface area contributed by atoms with Crippen molar-refractivity contribution in [2.45, 2.75) is 11.5 Å². The topological polar surface area (TPSA) is 75.7 Å². The quantitative estimate of drug-likeness (QED) is 0.561. The normalized spacial score (nSPS) is 14.1. The molecule has 1 heterocycles. The molecule has 0 spiro atoms. The van der Waals surface area contributed by atoms with Gasteiger partial charge in [0.15, 0.2) is 0 Å². The second-order valence-electron chi connectivity index (χ2n) is 7.34. The van der Waals surface area contributed by atoms with Crippen LogP contribution in [-0.2, 0) is 16.6 Å². The minimum absolute atomic E-state index is 0.0548. The van der Waals surface area contributed by atoms with Crippen LogP contribution in [0, 0.1) is 0 Å². The highest BCUT2D eigenvalue weighted by Gasteiger charge is 2.21. The van der Waals surface area contributed by atoms with E-state index in [9.17, 15) is 13.2 Å². The summed E-state index contributed by atoms with van der Waals surface area (Å²) >= 11 is 1.81. The average molecular weight is 469 g/mol. The Balaban J connectivity index is 1.42. The molecule has 1 aliphatic heterocycles. The third-order valence-electron chi connectivity index (χ3n) is 5.04. The van der Waals surface area contributed by atoms with Gasteiger partial charge in [0, 0.05) is 35.8 Å². The Morgan fingerprint density at radius 2 is 1.66 bits per heavy atom. The largest absolute Gasteiger partial charge is 0.489 e. The molecule has 0 atom stereocenters. The van der Waals surface area contributed by atoms with E-state index in [4.69, 9.17) is 4.74 Å². The molecule has 0 aromatic heterocycles. The van der Waals surface area contributed by atoms with Crippen molar-refractivity contribution in [3.63, 3.8) is 0 Å². The Bertz CT molecular complexity index is 1160. The average Bonchev–Trinajstić information content (AvgIpc) is 2.84. The van der Waals surface area contributed by atoms with Crippen LogP contribution in [0.15, 0.2) is 83.8 Å². The third-order valence-corrected chi connectivity index (χ3v) is 7.37. The Hall–Kier alpha value is -2.97. The fourth-order valence-electron chi connectivity index (χ4n) is 3.32. The monoisotopic (exact) mass is 468 g/mol. The van der Waals surface area contributed by atoms with Gasteiger partial charge in [-0.3, -0.25) is 9.52 Å². The van der Waals surface area contributed by atoms with Crippen molar-refractivity contribution >= 4 is 33.4 Å². The Morgan fingerprint density at radius 3 is 2.38 bits per heavy atom. The Kier molecular flexibility index (Phi) is 7.02. The zero-order chi connectivity index (χ0) is 22.4. The summed E-state index contributed by atoms with van der Waals surface area (Å²) in [5.74, 6) is 2.30. The van der Waals surface area contributed by atoms with E-state index in [1.165, 1.54) is 12.1 Å². The van der Waals surface area contributed by atoms with Crippen molar-refractivity contribution < 1.29 is 17.9 Å². The van der Waals surface area contributed by atoms with Crippen molar-refractivity contribution in [3.8, 4) is 5.75 Å². The first-order valence-corrected chi connectivity index (χ1v) is 12.9. The summed E-state index contributed by atoms with van der Waals surface area (Å²) in [6.07, 6.45) is 0. The number of carbonyl (C=O) groups excluding carboxylic acids is 1. The number of amides is 1. The van der Waals surface area contributed by atoms with Gasteiger partial charge in [0.05, 0.1) is 4.90 Å². The second kappa shape index (κ2) is 10.1. The van der Waals surface area contributed by atoms with Crippen LogP contribution in [0.25, 0.3) is 0 Å². The molecule has 0 bridgehead atoms. The molecular formula is C24H24N2O4S2. The summed E-state index contributed by atoms with van der Waals surface area (Å²) in [5.41, 5.74) is 1.85. The maximum absolute atomic E-state index is 12.9. The molecule has 1 saturated heterocycles. The summed E-state index contributed by atoms with van der Waals surface area (Å²) in [6, 6.07) is 22.7. The molecule has 0 aliphatic carbocycles. The summed E-state index contributed by atoms with van der Waals surface area (Å²) in [4.78, 5) is 14.5. The molecule has 3 aromatic carbocycles. The maximum Gasteiger partial charge on any atom is 0.261 e. The Labute approximate surface area is 192 Å². The lowest BCUT2D eigenvalue weighted by atomic mass is 10.2. The van der Waals surface area contributed by atoms with Crippen molar-refractivity contribution in [1.29, 1.82) is 0 Å². The van der Waals surface area contributed by atoms with Crippen LogP contribution >= 0.6 is 11.8 Å². The molecule has 0 unspecified atom stereocenters. The number of hydrogen-bond donors (Lipinski definition) is 1. The molecule has 1 N–H and O–H groups in total. The summed E-state index contributed by atoms with van der Waals surface area (Å²) in [7, 11) is -3.83. The van der Waals surface area contributed by atoms with Gasteiger partial charge in [-0.15, -0.1) is 0 Å². The lowest BCUT2D eigenvalue weighted by Crippen LogP contribution is -2.37. The van der Waals surface area contributed by atoms with Crippen LogP contribution < -0.4 is 9.46 Å². The standard InChI is InChI=1S/C24H24N2O4S2/c27-24(26-13-15-31-16-14-26)20-7-4-8-23(17-20)32(28,29)25-21-9-11-22(12-10-21)30-18-19-5-2-1-3-6-19/h1-12,17,25H,13-16,18H2. The number of benzene rings is 3. The number of hydrogen-bond acceptors (Lipinski definition) is 5. The Morgan fingerprint density at radius 1 is 0.938 bits per heavy atom. The number of nitrogens with one attached hydrogen (secondary N) is 1. The molecule has 4 rings (SSSR count). The number of ether oxygens (including phenoxy) is 1. The number of carbonyl (C=O) groups is 1. The van der Waals surface area contributed by atoms with E-state index >= 15 is 0 Å². The van der Waals surface area contributed by atoms with Crippen molar-refractivity contribution in [1.82, 2.24) is 4.90 Å². The maximum atomic E-state index is 12.9. The van der Waals surface area contributed by atoms with Gasteiger partial charge in [0.1, 0.15) is 12.4 Å². The fourth-order valence-corrected chi connectivity index (χ4v) is 5.33. The molecule has 1 fully saturated rings. The minimum Gasteiger partial charge on any atom is -0.489 e. The van der Waals surface area contributed by atoms with Crippen molar-refractivity contribution in [2.75, 3.05) is 29.3 Å². The predicted octanol–water partition coefficient (Wildman–Crippen LogP) is 4.26. The van der Waals surface area contributed by atoms with Gasteiger partial charge in [-0.1, -0.05) is 36.4 Å². The molecule has 6 nitrogen and oxygen atoms in total. The molecule has 0 radical (unpaired) electrons. The van der Waals surface area contributed by atoms with Gasteiger partial charge in [-0.2, -0.15) is 11.8 Å². The van der Waals surface area contributed by atoms with E-state index < -0.39 is 10.0 Å². The molecule has 166 valence electrons. The van der Waals surface area contributed by atoms with E-state index in [0.717, 1.165) is 17.1 Å². The molecule has 3 aromatic rings. The highest BCUT2D eigenvalue weighted by atomic mass is 32.2. The zero-order valence-corrected chi connectivity index (χ0v) is 19.1. The first-order valence-electron chi connectivity index (χ1n) is 10.3. The predicted molar refractivity (Wildman–Crippen MR) is 128 cm³/mol. The summed E-state index contributed by atoms with van der Waals surface area (Å²) in [5, 5.41) is 0. The van der Waals surface area contributed by atoms with Gasteiger partial charge < -0.3 is 9.64 Å². The number of sulfonamides is 1. The smallest absolute Gasteiger partial charge is 0.261 e. The van der Waals surface area contributed by atoms with Crippen LogP contribution in [0.1, 0.15) is 15.9 Å². The number of nitrogens with zero attached hydrogens (tertiary/aromatic N) is 1. The summed E-state index contributed by atoms with van der Waals surface area (Å²) in [6.45, 7) is 1.79. The van der Waals surface area contributed by atoms with Gasteiger partial charge in [-0.25, -0.2) is 8.42 Å². The minimum atomic E-state index is -3.83. The number of thioether (sulfide) groups is 1. The molecule has 1 aliphatic rings. The molecule has 32 heavy (non-hydrogen) atoms. The zero-order valence-electron chi connectivity index (χ0n) is 17.4. The van der Waals surface area contributed by atoms with Crippen LogP contribution in [0.2, 0.25) is 0 Å². The van der Waals surface area contributed by atoms with Crippen molar-refractivity contribution in [3.05, 3.63) is 90.0 Å². The number of anilines is 1. The molecule has 0 saturated carbocycles. The van der Waals surface area contributed by atoms with Gasteiger partial charge in [0.2, 0.25) is 0 Å². The second-order valence-corrected chi connectivity index (χ2v) is 10.2. The van der Waals surface area contributed by atoms with E-state index in [1.54, 1.807) is 41.3 Å². The van der Waals surface area contributed by atoms with Crippen LogP contribution in [0.3, 0.4) is 0 Å². The highest BCUT2D eigenvalue weighted by molar-refractivity contribution is 7.99. The van der Waals surface area contributed by atoms with Gasteiger partial charge in [0.25, 0.3) is 15.9 Å². The van der Waals surface area contributed by atoms with E-state index in [2.05, 4.69) is 4.72 Å². The lowest BCUT2D eigenvalue weighted by molar-refractivity contribution is 0.0772.